The van der Waals surface area contributed by atoms with Gasteiger partial charge >= 0.3 is 0 Å². The summed E-state index contributed by atoms with van der Waals surface area (Å²) < 4.78 is 0.946. The number of halogens is 1. The van der Waals surface area contributed by atoms with E-state index in [1.165, 1.54) is 11.8 Å². The van der Waals surface area contributed by atoms with E-state index in [1.54, 1.807) is 24.3 Å². The summed E-state index contributed by atoms with van der Waals surface area (Å²) in [4.78, 5) is 17.3. The third-order valence-electron chi connectivity index (χ3n) is 3.20. The van der Waals surface area contributed by atoms with Crippen LogP contribution in [0.25, 0.3) is 0 Å². The lowest BCUT2D eigenvalue weighted by Crippen LogP contribution is -2.34. The quantitative estimate of drug-likeness (QED) is 0.844. The maximum absolute atomic E-state index is 12.0. The van der Waals surface area contributed by atoms with Crippen LogP contribution in [0.5, 0.6) is 0 Å². The van der Waals surface area contributed by atoms with Crippen molar-refractivity contribution < 1.29 is 4.79 Å². The van der Waals surface area contributed by atoms with Crippen LogP contribution in [0, 0.1) is 12.8 Å². The summed E-state index contributed by atoms with van der Waals surface area (Å²) in [5.41, 5.74) is 7.40. The van der Waals surface area contributed by atoms with Crippen molar-refractivity contribution in [3.63, 3.8) is 0 Å². The summed E-state index contributed by atoms with van der Waals surface area (Å²) in [7, 11) is 0. The Labute approximate surface area is 143 Å². The second kappa shape index (κ2) is 7.46. The summed E-state index contributed by atoms with van der Waals surface area (Å²) in [6.45, 7) is 5.57. The molecule has 7 heteroatoms. The molecule has 0 fully saturated rings. The second-order valence-corrected chi connectivity index (χ2v) is 7.69. The van der Waals surface area contributed by atoms with Crippen molar-refractivity contribution in [2.24, 2.45) is 11.7 Å². The lowest BCUT2D eigenvalue weighted by molar-refractivity contribution is -0.119. The number of hydrogen-bond acceptors (Lipinski definition) is 5. The molecule has 0 bridgehead atoms. The number of aromatic nitrogens is 1. The molecule has 2 aromatic rings. The minimum atomic E-state index is -0.258. The van der Waals surface area contributed by atoms with Gasteiger partial charge in [-0.2, -0.15) is 0 Å². The van der Waals surface area contributed by atoms with Gasteiger partial charge in [0.15, 0.2) is 4.34 Å². The number of nitrogens with one attached hydrogen (secondary N) is 1. The lowest BCUT2D eigenvalue weighted by atomic mass is 10.0. The predicted octanol–water partition coefficient (Wildman–Crippen LogP) is 4.18. The lowest BCUT2D eigenvalue weighted by Gasteiger charge is -2.15. The maximum atomic E-state index is 12.0. The average Bonchev–Trinajstić information content (AvgIpc) is 2.86. The van der Waals surface area contributed by atoms with Gasteiger partial charge < -0.3 is 11.1 Å². The minimum absolute atomic E-state index is 0.109. The Morgan fingerprint density at radius 1 is 1.45 bits per heavy atom. The molecule has 1 aromatic carbocycles. The Kier molecular flexibility index (Phi) is 5.86. The van der Waals surface area contributed by atoms with E-state index in [1.807, 2.05) is 31.4 Å². The van der Waals surface area contributed by atoms with Crippen LogP contribution in [0.15, 0.2) is 32.8 Å². The number of nitrogens with zero attached hydrogens (tertiary/aromatic N) is 1. The van der Waals surface area contributed by atoms with Crippen LogP contribution in [-0.4, -0.2) is 16.9 Å². The topological polar surface area (TPSA) is 68.0 Å². The number of carbonyl (C=O) groups excluding carboxylic acids is 1. The average molecular weight is 356 g/mol. The Balaban J connectivity index is 2.07. The molecule has 2 atom stereocenters. The molecule has 0 spiro atoms. The fourth-order valence-electron chi connectivity index (χ4n) is 1.63. The minimum Gasteiger partial charge on any atom is -0.327 e. The van der Waals surface area contributed by atoms with Crippen molar-refractivity contribution in [3.8, 4) is 0 Å². The zero-order chi connectivity index (χ0) is 16.3. The standard InChI is InChI=1S/C15H18ClN3OS2/c1-8-7-21-15(18-8)22-13-5-4-11(6-12(13)16)19-14(20)9(2)10(3)17/h4-7,9-10H,17H2,1-3H3,(H,19,20). The highest BCUT2D eigenvalue weighted by Gasteiger charge is 2.17. The Bertz CT molecular complexity index is 673. The normalized spacial score (nSPS) is 13.7. The van der Waals surface area contributed by atoms with Crippen LogP contribution in [0.3, 0.4) is 0 Å². The van der Waals surface area contributed by atoms with Crippen molar-refractivity contribution in [2.75, 3.05) is 5.32 Å². The van der Waals surface area contributed by atoms with Crippen molar-refractivity contribution in [2.45, 2.75) is 36.0 Å². The Morgan fingerprint density at radius 2 is 2.18 bits per heavy atom. The van der Waals surface area contributed by atoms with Gasteiger partial charge in [-0.3, -0.25) is 4.79 Å². The van der Waals surface area contributed by atoms with E-state index < -0.39 is 0 Å². The van der Waals surface area contributed by atoms with Gasteiger partial charge in [-0.15, -0.1) is 11.3 Å². The van der Waals surface area contributed by atoms with E-state index in [0.717, 1.165) is 14.9 Å². The molecule has 1 heterocycles. The number of thiazole rings is 1. The van der Waals surface area contributed by atoms with Gasteiger partial charge in [-0.1, -0.05) is 30.3 Å². The number of aryl methyl sites for hydroxylation is 1. The van der Waals surface area contributed by atoms with Crippen molar-refractivity contribution in [1.29, 1.82) is 0 Å². The van der Waals surface area contributed by atoms with Crippen LogP contribution in [0.1, 0.15) is 19.5 Å². The fraction of sp³-hybridized carbons (Fsp3) is 0.333. The highest BCUT2D eigenvalue weighted by molar-refractivity contribution is 8.01. The second-order valence-electron chi connectivity index (χ2n) is 5.14. The molecule has 0 aliphatic rings. The number of hydrogen-bond donors (Lipinski definition) is 2. The molecule has 0 saturated heterocycles. The number of benzene rings is 1. The summed E-state index contributed by atoms with van der Waals surface area (Å²) >= 11 is 9.39. The number of carbonyl (C=O) groups is 1. The molecule has 2 unspecified atom stereocenters. The Morgan fingerprint density at radius 3 is 2.73 bits per heavy atom. The summed E-state index contributed by atoms with van der Waals surface area (Å²) in [5.74, 6) is -0.367. The molecule has 0 radical (unpaired) electrons. The third-order valence-corrected chi connectivity index (χ3v) is 5.75. The SMILES string of the molecule is Cc1csc(Sc2ccc(NC(=O)C(C)C(C)N)cc2Cl)n1. The highest BCUT2D eigenvalue weighted by Crippen LogP contribution is 2.36. The van der Waals surface area contributed by atoms with Gasteiger partial charge in [0.05, 0.1) is 10.9 Å². The molecule has 118 valence electrons. The largest absolute Gasteiger partial charge is 0.327 e. The molecule has 2 rings (SSSR count). The van der Waals surface area contributed by atoms with Crippen molar-refractivity contribution in [1.82, 2.24) is 4.98 Å². The smallest absolute Gasteiger partial charge is 0.228 e. The van der Waals surface area contributed by atoms with Gasteiger partial charge in [0.2, 0.25) is 5.91 Å². The predicted molar refractivity (Wildman–Crippen MR) is 93.9 cm³/mol. The molecule has 4 nitrogen and oxygen atoms in total. The number of nitrogens with two attached hydrogens (primary N) is 1. The molecular weight excluding hydrogens is 338 g/mol. The van der Waals surface area contributed by atoms with Crippen LogP contribution >= 0.6 is 34.7 Å². The summed E-state index contributed by atoms with van der Waals surface area (Å²) in [5, 5.41) is 5.42. The van der Waals surface area contributed by atoms with Gasteiger partial charge in [0.25, 0.3) is 0 Å². The zero-order valence-electron chi connectivity index (χ0n) is 12.6. The van der Waals surface area contributed by atoms with Gasteiger partial charge in [-0.05, 0) is 32.0 Å². The van der Waals surface area contributed by atoms with Crippen molar-refractivity contribution in [3.05, 3.63) is 34.3 Å². The third kappa shape index (κ3) is 4.46. The van der Waals surface area contributed by atoms with E-state index in [2.05, 4.69) is 10.3 Å². The van der Waals surface area contributed by atoms with Crippen LogP contribution in [0.4, 0.5) is 5.69 Å². The molecule has 0 aliphatic heterocycles. The van der Waals surface area contributed by atoms with E-state index in [4.69, 9.17) is 17.3 Å². The van der Waals surface area contributed by atoms with E-state index in [-0.39, 0.29) is 17.9 Å². The van der Waals surface area contributed by atoms with Gasteiger partial charge in [0, 0.05) is 27.7 Å². The Hall–Kier alpha value is -1.08. The first kappa shape index (κ1) is 17.3. The first-order chi connectivity index (χ1) is 10.4. The number of anilines is 1. The summed E-state index contributed by atoms with van der Waals surface area (Å²) in [6, 6.07) is 5.27. The van der Waals surface area contributed by atoms with Gasteiger partial charge in [-0.25, -0.2) is 4.98 Å². The molecule has 0 saturated carbocycles. The van der Waals surface area contributed by atoms with Crippen LogP contribution in [0.2, 0.25) is 5.02 Å². The van der Waals surface area contributed by atoms with Crippen LogP contribution in [-0.2, 0) is 4.79 Å². The number of amides is 1. The van der Waals surface area contributed by atoms with E-state index in [9.17, 15) is 4.79 Å². The van der Waals surface area contributed by atoms with E-state index >= 15 is 0 Å². The molecule has 22 heavy (non-hydrogen) atoms. The highest BCUT2D eigenvalue weighted by atomic mass is 35.5. The molecular formula is C15H18ClN3OS2. The van der Waals surface area contributed by atoms with Gasteiger partial charge in [0.1, 0.15) is 0 Å². The monoisotopic (exact) mass is 355 g/mol. The first-order valence-electron chi connectivity index (χ1n) is 6.83. The van der Waals surface area contributed by atoms with Crippen molar-refractivity contribution >= 4 is 46.3 Å². The zero-order valence-corrected chi connectivity index (χ0v) is 15.0. The maximum Gasteiger partial charge on any atom is 0.228 e. The van der Waals surface area contributed by atoms with E-state index in [0.29, 0.717) is 10.7 Å². The molecule has 0 aliphatic carbocycles. The number of rotatable bonds is 5. The summed E-state index contributed by atoms with van der Waals surface area (Å²) in [6.07, 6.45) is 0. The van der Waals surface area contributed by atoms with Crippen LogP contribution < -0.4 is 11.1 Å². The first-order valence-corrected chi connectivity index (χ1v) is 8.90. The molecule has 1 aromatic heterocycles. The molecule has 1 amide bonds. The fourth-order valence-corrected chi connectivity index (χ4v) is 3.72. The molecule has 3 N–H and O–H groups in total.